The number of amides is 1. The standard InChI is InChI=1S/C19H18N2O2/c1-13(23-18-8-3-2-5-16(18)12-20)19(22)21-17-10-9-14-6-4-7-15(14)11-17/h2-3,5,8-11,13H,4,6-7H2,1H3,(H,21,22). The molecule has 116 valence electrons. The molecule has 1 aliphatic carbocycles. The first-order chi connectivity index (χ1) is 11.2. The predicted octanol–water partition coefficient (Wildman–Crippen LogP) is 3.45. The van der Waals surface area contributed by atoms with Gasteiger partial charge in [0, 0.05) is 5.69 Å². The highest BCUT2D eigenvalue weighted by molar-refractivity contribution is 5.94. The second kappa shape index (κ2) is 6.53. The van der Waals surface area contributed by atoms with E-state index in [1.807, 2.05) is 12.1 Å². The molecule has 1 atom stereocenters. The molecule has 0 aliphatic heterocycles. The summed E-state index contributed by atoms with van der Waals surface area (Å²) in [6, 6.07) is 15.0. The first-order valence-corrected chi connectivity index (χ1v) is 7.76. The fraction of sp³-hybridized carbons (Fsp3) is 0.263. The zero-order valence-corrected chi connectivity index (χ0v) is 13.0. The maximum absolute atomic E-state index is 12.3. The van der Waals surface area contributed by atoms with Crippen LogP contribution in [-0.4, -0.2) is 12.0 Å². The second-order valence-corrected chi connectivity index (χ2v) is 5.69. The van der Waals surface area contributed by atoms with E-state index >= 15 is 0 Å². The van der Waals surface area contributed by atoms with Crippen LogP contribution < -0.4 is 10.1 Å². The van der Waals surface area contributed by atoms with Gasteiger partial charge in [-0.15, -0.1) is 0 Å². The smallest absolute Gasteiger partial charge is 0.265 e. The molecule has 0 fully saturated rings. The predicted molar refractivity (Wildman–Crippen MR) is 88.3 cm³/mol. The van der Waals surface area contributed by atoms with Gasteiger partial charge in [0.2, 0.25) is 0 Å². The minimum absolute atomic E-state index is 0.226. The van der Waals surface area contributed by atoms with Gasteiger partial charge in [-0.1, -0.05) is 18.2 Å². The molecule has 0 spiro atoms. The van der Waals surface area contributed by atoms with Crippen LogP contribution in [-0.2, 0) is 17.6 Å². The molecule has 0 aromatic heterocycles. The monoisotopic (exact) mass is 306 g/mol. The summed E-state index contributed by atoms with van der Waals surface area (Å²) in [4.78, 5) is 12.3. The van der Waals surface area contributed by atoms with Crippen LogP contribution in [0, 0.1) is 11.3 Å². The van der Waals surface area contributed by atoms with Crippen molar-refractivity contribution in [2.24, 2.45) is 0 Å². The third-order valence-electron chi connectivity index (χ3n) is 4.05. The molecule has 4 heteroatoms. The van der Waals surface area contributed by atoms with Gasteiger partial charge in [0.1, 0.15) is 11.8 Å². The SMILES string of the molecule is CC(Oc1ccccc1C#N)C(=O)Nc1ccc2c(c1)CCC2. The molecule has 0 radical (unpaired) electrons. The van der Waals surface area contributed by atoms with Crippen molar-refractivity contribution in [3.8, 4) is 11.8 Å². The number of para-hydroxylation sites is 1. The Kier molecular flexibility index (Phi) is 4.29. The minimum atomic E-state index is -0.683. The molecule has 1 aliphatic rings. The fourth-order valence-corrected chi connectivity index (χ4v) is 2.80. The lowest BCUT2D eigenvalue weighted by atomic mass is 10.1. The summed E-state index contributed by atoms with van der Waals surface area (Å²) in [6.07, 6.45) is 2.68. The van der Waals surface area contributed by atoms with Gasteiger partial charge in [-0.3, -0.25) is 4.79 Å². The number of nitrogens with one attached hydrogen (secondary N) is 1. The van der Waals surface area contributed by atoms with Crippen molar-refractivity contribution in [3.05, 3.63) is 59.2 Å². The van der Waals surface area contributed by atoms with Crippen LogP contribution in [0.5, 0.6) is 5.75 Å². The zero-order chi connectivity index (χ0) is 16.2. The van der Waals surface area contributed by atoms with Gasteiger partial charge in [0.05, 0.1) is 5.56 Å². The van der Waals surface area contributed by atoms with E-state index in [4.69, 9.17) is 10.00 Å². The summed E-state index contributed by atoms with van der Waals surface area (Å²) in [5, 5.41) is 11.9. The van der Waals surface area contributed by atoms with E-state index in [-0.39, 0.29) is 5.91 Å². The van der Waals surface area contributed by atoms with Gasteiger partial charge < -0.3 is 10.1 Å². The molecule has 0 heterocycles. The van der Waals surface area contributed by atoms with Crippen LogP contribution in [0.15, 0.2) is 42.5 Å². The highest BCUT2D eigenvalue weighted by Gasteiger charge is 2.18. The van der Waals surface area contributed by atoms with Crippen molar-refractivity contribution in [1.82, 2.24) is 0 Å². The van der Waals surface area contributed by atoms with Crippen LogP contribution in [0.2, 0.25) is 0 Å². The number of hydrogen-bond acceptors (Lipinski definition) is 3. The van der Waals surface area contributed by atoms with Crippen molar-refractivity contribution >= 4 is 11.6 Å². The number of anilines is 1. The van der Waals surface area contributed by atoms with Crippen molar-refractivity contribution < 1.29 is 9.53 Å². The van der Waals surface area contributed by atoms with Crippen molar-refractivity contribution in [2.75, 3.05) is 5.32 Å². The normalized spacial score (nSPS) is 13.7. The van der Waals surface area contributed by atoms with Gasteiger partial charge in [-0.2, -0.15) is 5.26 Å². The Morgan fingerprint density at radius 2 is 2.00 bits per heavy atom. The van der Waals surface area contributed by atoms with Gasteiger partial charge in [0.15, 0.2) is 6.10 Å². The fourth-order valence-electron chi connectivity index (χ4n) is 2.80. The lowest BCUT2D eigenvalue weighted by Gasteiger charge is -2.16. The summed E-state index contributed by atoms with van der Waals surface area (Å²) in [5.41, 5.74) is 3.89. The Labute approximate surface area is 135 Å². The lowest BCUT2D eigenvalue weighted by Crippen LogP contribution is -2.30. The van der Waals surface area contributed by atoms with Crippen molar-refractivity contribution in [2.45, 2.75) is 32.3 Å². The van der Waals surface area contributed by atoms with Gasteiger partial charge in [0.25, 0.3) is 5.91 Å². The lowest BCUT2D eigenvalue weighted by molar-refractivity contribution is -0.122. The number of nitriles is 1. The van der Waals surface area contributed by atoms with Crippen molar-refractivity contribution in [3.63, 3.8) is 0 Å². The highest BCUT2D eigenvalue weighted by atomic mass is 16.5. The highest BCUT2D eigenvalue weighted by Crippen LogP contribution is 2.25. The van der Waals surface area contributed by atoms with Gasteiger partial charge in [-0.25, -0.2) is 0 Å². The Balaban J connectivity index is 1.67. The minimum Gasteiger partial charge on any atom is -0.480 e. The number of fused-ring (bicyclic) bond motifs is 1. The van der Waals surface area contributed by atoms with Gasteiger partial charge in [-0.05, 0) is 61.6 Å². The number of ether oxygens (including phenoxy) is 1. The first kappa shape index (κ1) is 15.1. The number of nitrogens with zero attached hydrogens (tertiary/aromatic N) is 1. The van der Waals surface area contributed by atoms with E-state index in [0.717, 1.165) is 18.5 Å². The molecule has 1 amide bonds. The van der Waals surface area contributed by atoms with Gasteiger partial charge >= 0.3 is 0 Å². The molecular weight excluding hydrogens is 288 g/mol. The molecular formula is C19H18N2O2. The number of aryl methyl sites for hydroxylation is 2. The maximum atomic E-state index is 12.3. The summed E-state index contributed by atoms with van der Waals surface area (Å²) in [5.74, 6) is 0.197. The summed E-state index contributed by atoms with van der Waals surface area (Å²) >= 11 is 0. The molecule has 1 unspecified atom stereocenters. The number of rotatable bonds is 4. The van der Waals surface area contributed by atoms with Crippen LogP contribution >= 0.6 is 0 Å². The van der Waals surface area contributed by atoms with Crippen LogP contribution in [0.1, 0.15) is 30.0 Å². The summed E-state index contributed by atoms with van der Waals surface area (Å²) in [7, 11) is 0. The Morgan fingerprint density at radius 1 is 1.22 bits per heavy atom. The number of carbonyl (C=O) groups is 1. The zero-order valence-electron chi connectivity index (χ0n) is 13.0. The Morgan fingerprint density at radius 3 is 2.83 bits per heavy atom. The molecule has 1 N–H and O–H groups in total. The third-order valence-corrected chi connectivity index (χ3v) is 4.05. The van der Waals surface area contributed by atoms with E-state index in [2.05, 4.69) is 17.5 Å². The maximum Gasteiger partial charge on any atom is 0.265 e. The van der Waals surface area contributed by atoms with E-state index in [1.54, 1.807) is 31.2 Å². The topological polar surface area (TPSA) is 62.1 Å². The Hall–Kier alpha value is -2.80. The largest absolute Gasteiger partial charge is 0.480 e. The number of carbonyl (C=O) groups excluding carboxylic acids is 1. The van der Waals surface area contributed by atoms with Crippen molar-refractivity contribution in [1.29, 1.82) is 5.26 Å². The second-order valence-electron chi connectivity index (χ2n) is 5.69. The Bertz CT molecular complexity index is 777. The van der Waals surface area contributed by atoms with E-state index in [0.29, 0.717) is 11.3 Å². The molecule has 23 heavy (non-hydrogen) atoms. The van der Waals surface area contributed by atoms with Crippen LogP contribution in [0.4, 0.5) is 5.69 Å². The third kappa shape index (κ3) is 3.35. The molecule has 2 aromatic rings. The molecule has 3 rings (SSSR count). The summed E-state index contributed by atoms with van der Waals surface area (Å²) in [6.45, 7) is 1.68. The number of hydrogen-bond donors (Lipinski definition) is 1. The first-order valence-electron chi connectivity index (χ1n) is 7.76. The average molecular weight is 306 g/mol. The molecule has 0 saturated heterocycles. The molecule has 0 saturated carbocycles. The molecule has 4 nitrogen and oxygen atoms in total. The van der Waals surface area contributed by atoms with E-state index in [1.165, 1.54) is 17.5 Å². The quantitative estimate of drug-likeness (QED) is 0.941. The van der Waals surface area contributed by atoms with E-state index in [9.17, 15) is 4.79 Å². The average Bonchev–Trinajstić information content (AvgIpc) is 3.03. The van der Waals surface area contributed by atoms with Crippen LogP contribution in [0.3, 0.4) is 0 Å². The molecule has 2 aromatic carbocycles. The molecule has 0 bridgehead atoms. The van der Waals surface area contributed by atoms with E-state index < -0.39 is 6.10 Å². The summed E-state index contributed by atoms with van der Waals surface area (Å²) < 4.78 is 5.63. The van der Waals surface area contributed by atoms with Crippen LogP contribution in [0.25, 0.3) is 0 Å². The number of benzene rings is 2.